The first kappa shape index (κ1) is 13.0. The van der Waals surface area contributed by atoms with Crippen LogP contribution < -0.4 is 10.6 Å². The zero-order valence-electron chi connectivity index (χ0n) is 9.27. The molecule has 1 fully saturated rings. The van der Waals surface area contributed by atoms with Gasteiger partial charge in [-0.25, -0.2) is 0 Å². The summed E-state index contributed by atoms with van der Waals surface area (Å²) in [5, 5.41) is 10.2. The molecule has 1 aromatic rings. The highest BCUT2D eigenvalue weighted by molar-refractivity contribution is 5.92. The standard InChI is InChI=1S/C10H16N4O.ClH/c1-2-14-7-9(6-12-14)13-10(15)8-3-4-11-5-8;/h6-8,11H,2-5H2,1H3,(H,13,15);1H/t8-;/m1./s1. The third-order valence-electron chi connectivity index (χ3n) is 2.66. The topological polar surface area (TPSA) is 59.0 Å². The molecule has 5 nitrogen and oxygen atoms in total. The number of nitrogens with zero attached hydrogens (tertiary/aromatic N) is 2. The van der Waals surface area contributed by atoms with E-state index in [0.717, 1.165) is 31.7 Å². The number of carbonyl (C=O) groups excluding carboxylic acids is 1. The van der Waals surface area contributed by atoms with E-state index >= 15 is 0 Å². The maximum Gasteiger partial charge on any atom is 0.228 e. The second-order valence-corrected chi connectivity index (χ2v) is 3.76. The number of hydrogen-bond donors (Lipinski definition) is 2. The summed E-state index contributed by atoms with van der Waals surface area (Å²) in [6.07, 6.45) is 4.46. The maximum absolute atomic E-state index is 11.7. The van der Waals surface area contributed by atoms with Gasteiger partial charge in [-0.3, -0.25) is 9.48 Å². The monoisotopic (exact) mass is 244 g/mol. The number of hydrogen-bond acceptors (Lipinski definition) is 3. The second kappa shape index (κ2) is 5.86. The largest absolute Gasteiger partial charge is 0.323 e. The first-order chi connectivity index (χ1) is 7.29. The lowest BCUT2D eigenvalue weighted by molar-refractivity contribution is -0.119. The van der Waals surface area contributed by atoms with E-state index in [-0.39, 0.29) is 24.2 Å². The van der Waals surface area contributed by atoms with E-state index in [1.165, 1.54) is 0 Å². The number of nitrogens with one attached hydrogen (secondary N) is 2. The van der Waals surface area contributed by atoms with Crippen LogP contribution in [0.2, 0.25) is 0 Å². The van der Waals surface area contributed by atoms with Crippen LogP contribution in [0.5, 0.6) is 0 Å². The average molecular weight is 245 g/mol. The van der Waals surface area contributed by atoms with Gasteiger partial charge in [-0.15, -0.1) is 12.4 Å². The Balaban J connectivity index is 0.00000128. The lowest BCUT2D eigenvalue weighted by atomic mass is 10.1. The number of rotatable bonds is 3. The van der Waals surface area contributed by atoms with Crippen molar-refractivity contribution in [1.29, 1.82) is 0 Å². The molecule has 1 aliphatic heterocycles. The van der Waals surface area contributed by atoms with E-state index in [4.69, 9.17) is 0 Å². The van der Waals surface area contributed by atoms with Gasteiger partial charge in [-0.05, 0) is 19.9 Å². The molecule has 2 N–H and O–H groups in total. The number of aromatic nitrogens is 2. The Kier molecular flexibility index (Phi) is 4.76. The van der Waals surface area contributed by atoms with Gasteiger partial charge in [0.05, 0.1) is 17.8 Å². The Labute approximate surface area is 101 Å². The third-order valence-corrected chi connectivity index (χ3v) is 2.66. The number of aryl methyl sites for hydroxylation is 1. The lowest BCUT2D eigenvalue weighted by Crippen LogP contribution is -2.24. The van der Waals surface area contributed by atoms with E-state index in [2.05, 4.69) is 15.7 Å². The molecular formula is C10H17ClN4O. The zero-order chi connectivity index (χ0) is 10.7. The Hall–Kier alpha value is -1.07. The fourth-order valence-electron chi connectivity index (χ4n) is 1.72. The van der Waals surface area contributed by atoms with Crippen LogP contribution in [0.3, 0.4) is 0 Å². The van der Waals surface area contributed by atoms with Crippen molar-refractivity contribution in [3.8, 4) is 0 Å². The summed E-state index contributed by atoms with van der Waals surface area (Å²) < 4.78 is 1.79. The minimum Gasteiger partial charge on any atom is -0.323 e. The molecule has 1 saturated heterocycles. The van der Waals surface area contributed by atoms with Gasteiger partial charge >= 0.3 is 0 Å². The predicted octanol–water partition coefficient (Wildman–Crippen LogP) is 0.873. The molecule has 2 heterocycles. The summed E-state index contributed by atoms with van der Waals surface area (Å²) in [5.74, 6) is 0.200. The van der Waals surface area contributed by atoms with Gasteiger partial charge < -0.3 is 10.6 Å². The van der Waals surface area contributed by atoms with Crippen LogP contribution in [-0.2, 0) is 11.3 Å². The van der Waals surface area contributed by atoms with Crippen molar-refractivity contribution in [1.82, 2.24) is 15.1 Å². The second-order valence-electron chi connectivity index (χ2n) is 3.76. The van der Waals surface area contributed by atoms with Gasteiger partial charge in [0.25, 0.3) is 0 Å². The molecule has 0 bridgehead atoms. The quantitative estimate of drug-likeness (QED) is 0.830. The van der Waals surface area contributed by atoms with Crippen molar-refractivity contribution in [2.75, 3.05) is 18.4 Å². The molecule has 0 radical (unpaired) electrons. The smallest absolute Gasteiger partial charge is 0.228 e. The molecule has 0 aromatic carbocycles. The highest BCUT2D eigenvalue weighted by Crippen LogP contribution is 2.12. The molecule has 2 rings (SSSR count). The van der Waals surface area contributed by atoms with Crippen LogP contribution >= 0.6 is 12.4 Å². The van der Waals surface area contributed by atoms with E-state index in [9.17, 15) is 4.79 Å². The minimum atomic E-state index is 0. The molecule has 0 saturated carbocycles. The van der Waals surface area contributed by atoms with Crippen molar-refractivity contribution >= 4 is 24.0 Å². The van der Waals surface area contributed by atoms with Gasteiger partial charge in [0, 0.05) is 19.3 Å². The Bertz CT molecular complexity index is 346. The molecule has 1 atom stereocenters. The summed E-state index contributed by atoms with van der Waals surface area (Å²) in [6, 6.07) is 0. The number of carbonyl (C=O) groups is 1. The fourth-order valence-corrected chi connectivity index (χ4v) is 1.72. The predicted molar refractivity (Wildman–Crippen MR) is 64.8 cm³/mol. The molecule has 6 heteroatoms. The van der Waals surface area contributed by atoms with E-state index < -0.39 is 0 Å². The molecule has 0 spiro atoms. The lowest BCUT2D eigenvalue weighted by Gasteiger charge is -2.07. The summed E-state index contributed by atoms with van der Waals surface area (Å²) in [5.41, 5.74) is 0.786. The van der Waals surface area contributed by atoms with Crippen molar-refractivity contribution in [3.05, 3.63) is 12.4 Å². The van der Waals surface area contributed by atoms with Crippen molar-refractivity contribution < 1.29 is 4.79 Å². The normalized spacial score (nSPS) is 19.2. The maximum atomic E-state index is 11.7. The summed E-state index contributed by atoms with van der Waals surface area (Å²) in [6.45, 7) is 4.56. The van der Waals surface area contributed by atoms with E-state index in [1.54, 1.807) is 10.9 Å². The van der Waals surface area contributed by atoms with E-state index in [0.29, 0.717) is 0 Å². The Morgan fingerprint density at radius 2 is 2.56 bits per heavy atom. The molecule has 1 aliphatic rings. The molecule has 0 aliphatic carbocycles. The highest BCUT2D eigenvalue weighted by Gasteiger charge is 2.22. The van der Waals surface area contributed by atoms with Crippen molar-refractivity contribution in [2.45, 2.75) is 19.9 Å². The van der Waals surface area contributed by atoms with Crippen LogP contribution in [0.4, 0.5) is 5.69 Å². The van der Waals surface area contributed by atoms with Gasteiger partial charge in [0.2, 0.25) is 5.91 Å². The minimum absolute atomic E-state index is 0. The number of anilines is 1. The number of halogens is 1. The van der Waals surface area contributed by atoms with Gasteiger partial charge in [-0.2, -0.15) is 5.10 Å². The van der Waals surface area contributed by atoms with Crippen LogP contribution in [0, 0.1) is 5.92 Å². The van der Waals surface area contributed by atoms with Gasteiger partial charge in [-0.1, -0.05) is 0 Å². The molecule has 16 heavy (non-hydrogen) atoms. The zero-order valence-corrected chi connectivity index (χ0v) is 10.1. The molecule has 90 valence electrons. The molecule has 1 aromatic heterocycles. The summed E-state index contributed by atoms with van der Waals surface area (Å²) in [4.78, 5) is 11.7. The Morgan fingerprint density at radius 3 is 3.12 bits per heavy atom. The van der Waals surface area contributed by atoms with Crippen LogP contribution in [0.15, 0.2) is 12.4 Å². The van der Waals surface area contributed by atoms with Gasteiger partial charge in [0.15, 0.2) is 0 Å². The van der Waals surface area contributed by atoms with Crippen LogP contribution in [0.25, 0.3) is 0 Å². The van der Waals surface area contributed by atoms with E-state index in [1.807, 2.05) is 13.1 Å². The molecule has 1 amide bonds. The highest BCUT2D eigenvalue weighted by atomic mass is 35.5. The summed E-state index contributed by atoms with van der Waals surface area (Å²) in [7, 11) is 0. The SMILES string of the molecule is CCn1cc(NC(=O)[C@@H]2CCNC2)cn1.Cl. The van der Waals surface area contributed by atoms with Crippen molar-refractivity contribution in [2.24, 2.45) is 5.92 Å². The summed E-state index contributed by atoms with van der Waals surface area (Å²) >= 11 is 0. The van der Waals surface area contributed by atoms with Crippen LogP contribution in [0.1, 0.15) is 13.3 Å². The van der Waals surface area contributed by atoms with Crippen molar-refractivity contribution in [3.63, 3.8) is 0 Å². The first-order valence-electron chi connectivity index (χ1n) is 5.33. The third kappa shape index (κ3) is 2.96. The first-order valence-corrected chi connectivity index (χ1v) is 5.33. The average Bonchev–Trinajstić information content (AvgIpc) is 2.87. The molecular weight excluding hydrogens is 228 g/mol. The van der Waals surface area contributed by atoms with Gasteiger partial charge in [0.1, 0.15) is 0 Å². The Morgan fingerprint density at radius 1 is 1.75 bits per heavy atom. The van der Waals surface area contributed by atoms with Crippen LogP contribution in [-0.4, -0.2) is 28.8 Å². The fraction of sp³-hybridized carbons (Fsp3) is 0.600. The number of amides is 1. The molecule has 0 unspecified atom stereocenters.